The molecule has 3 N–H and O–H groups in total. The number of imidazole rings is 1. The Kier molecular flexibility index (Phi) is 4.59. The number of ether oxygens (including phenoxy) is 1. The number of rotatable bonds is 5. The van der Waals surface area contributed by atoms with Crippen molar-refractivity contribution >= 4 is 17.1 Å². The lowest BCUT2D eigenvalue weighted by Gasteiger charge is -2.08. The third-order valence-corrected chi connectivity index (χ3v) is 4.49. The summed E-state index contributed by atoms with van der Waals surface area (Å²) in [6.07, 6.45) is 0. The van der Waals surface area contributed by atoms with Gasteiger partial charge in [-0.3, -0.25) is 4.79 Å². The van der Waals surface area contributed by atoms with E-state index in [0.29, 0.717) is 29.4 Å². The number of amides is 1. The molecule has 2 heterocycles. The van der Waals surface area contributed by atoms with Crippen LogP contribution in [0.4, 0.5) is 0 Å². The van der Waals surface area contributed by atoms with Crippen molar-refractivity contribution in [3.05, 3.63) is 70.3 Å². The Morgan fingerprint density at radius 2 is 1.79 bits per heavy atom. The third kappa shape index (κ3) is 3.36. The number of H-pyrrole nitrogens is 1. The second kappa shape index (κ2) is 7.23. The Balaban J connectivity index is 1.95. The van der Waals surface area contributed by atoms with Crippen LogP contribution in [0.3, 0.4) is 0 Å². The van der Waals surface area contributed by atoms with Crippen molar-refractivity contribution in [3.8, 4) is 22.8 Å². The molecule has 8 nitrogen and oxygen atoms in total. The van der Waals surface area contributed by atoms with Gasteiger partial charge in [-0.1, -0.05) is 29.8 Å². The quantitative estimate of drug-likeness (QED) is 0.544. The maximum atomic E-state index is 12.7. The zero-order valence-electron chi connectivity index (χ0n) is 16.0. The number of nitrogens with one attached hydrogen (secondary N) is 1. The zero-order valence-corrected chi connectivity index (χ0v) is 16.0. The van der Waals surface area contributed by atoms with Gasteiger partial charge in [0, 0.05) is 5.56 Å². The summed E-state index contributed by atoms with van der Waals surface area (Å²) in [7, 11) is 0. The average Bonchev–Trinajstić information content (AvgIpc) is 3.04. The summed E-state index contributed by atoms with van der Waals surface area (Å²) in [6.45, 7) is 4.41. The molecule has 0 saturated carbocycles. The first kappa shape index (κ1) is 18.4. The minimum Gasteiger partial charge on any atom is -0.494 e. The van der Waals surface area contributed by atoms with Crippen molar-refractivity contribution in [2.75, 3.05) is 6.61 Å². The lowest BCUT2D eigenvalue weighted by Crippen LogP contribution is -2.15. The molecule has 0 spiro atoms. The highest BCUT2D eigenvalue weighted by atomic mass is 16.5. The summed E-state index contributed by atoms with van der Waals surface area (Å²) >= 11 is 0. The number of hydrogen-bond acceptors (Lipinski definition) is 5. The number of nitrogens with zero attached hydrogens (tertiary/aromatic N) is 3. The Labute approximate surface area is 166 Å². The van der Waals surface area contributed by atoms with Crippen LogP contribution >= 0.6 is 0 Å². The summed E-state index contributed by atoms with van der Waals surface area (Å²) in [4.78, 5) is 36.2. The zero-order chi connectivity index (χ0) is 20.5. The molecule has 2 aromatic heterocycles. The highest BCUT2D eigenvalue weighted by Crippen LogP contribution is 2.23. The van der Waals surface area contributed by atoms with Crippen LogP contribution in [0.15, 0.2) is 53.3 Å². The lowest BCUT2D eigenvalue weighted by atomic mass is 10.1. The van der Waals surface area contributed by atoms with Crippen LogP contribution in [-0.4, -0.2) is 32.0 Å². The number of carbonyl (C=O) groups excluding carboxylic acids is 1. The van der Waals surface area contributed by atoms with Crippen molar-refractivity contribution in [1.29, 1.82) is 0 Å². The van der Waals surface area contributed by atoms with Crippen LogP contribution in [0.1, 0.15) is 23.0 Å². The van der Waals surface area contributed by atoms with E-state index in [9.17, 15) is 9.59 Å². The van der Waals surface area contributed by atoms with E-state index in [1.807, 2.05) is 38.1 Å². The molecule has 0 radical (unpaired) electrons. The molecule has 0 aliphatic rings. The van der Waals surface area contributed by atoms with Gasteiger partial charge in [-0.2, -0.15) is 0 Å². The van der Waals surface area contributed by atoms with E-state index in [2.05, 4.69) is 15.0 Å². The largest absolute Gasteiger partial charge is 0.494 e. The minimum atomic E-state index is -0.745. The second-order valence-electron chi connectivity index (χ2n) is 6.52. The number of nitrogens with two attached hydrogens (primary N) is 1. The van der Waals surface area contributed by atoms with Gasteiger partial charge < -0.3 is 15.5 Å². The summed E-state index contributed by atoms with van der Waals surface area (Å²) in [6, 6.07) is 14.6. The van der Waals surface area contributed by atoms with Crippen molar-refractivity contribution in [2.24, 2.45) is 5.73 Å². The minimum absolute atomic E-state index is 0.0349. The monoisotopic (exact) mass is 389 g/mol. The van der Waals surface area contributed by atoms with Gasteiger partial charge in [0.1, 0.15) is 11.3 Å². The molecular weight excluding hydrogens is 370 g/mol. The molecule has 4 aromatic rings. The SMILES string of the molecule is CCOc1ccc(-n2c(=O)[nH]c3c(C(N)=O)nc(-c4ccc(C)cc4)nc32)cc1. The summed E-state index contributed by atoms with van der Waals surface area (Å²) in [5.41, 5.74) is 7.90. The van der Waals surface area contributed by atoms with Crippen molar-refractivity contribution in [1.82, 2.24) is 19.5 Å². The third-order valence-electron chi connectivity index (χ3n) is 4.49. The molecule has 0 bridgehead atoms. The first-order valence-corrected chi connectivity index (χ1v) is 9.10. The number of aryl methyl sites for hydroxylation is 1. The molecule has 0 atom stereocenters. The Hall–Kier alpha value is -3.94. The van der Waals surface area contributed by atoms with Crippen LogP contribution in [0, 0.1) is 6.92 Å². The molecule has 0 aliphatic carbocycles. The van der Waals surface area contributed by atoms with E-state index < -0.39 is 11.6 Å². The van der Waals surface area contributed by atoms with Crippen molar-refractivity contribution in [3.63, 3.8) is 0 Å². The van der Waals surface area contributed by atoms with Crippen molar-refractivity contribution in [2.45, 2.75) is 13.8 Å². The van der Waals surface area contributed by atoms with Crippen LogP contribution < -0.4 is 16.2 Å². The topological polar surface area (TPSA) is 116 Å². The molecule has 0 unspecified atom stereocenters. The van der Waals surface area contributed by atoms with Crippen molar-refractivity contribution < 1.29 is 9.53 Å². The summed E-state index contributed by atoms with van der Waals surface area (Å²) in [5, 5.41) is 0. The highest BCUT2D eigenvalue weighted by Gasteiger charge is 2.20. The number of aromatic amines is 1. The fraction of sp³-hybridized carbons (Fsp3) is 0.143. The standard InChI is InChI=1S/C21H19N5O3/c1-3-29-15-10-8-14(9-11-15)26-20-17(24-21(26)28)16(18(22)27)23-19(25-20)13-6-4-12(2)5-7-13/h4-11H,3H2,1-2H3,(H2,22,27)(H,24,28). The predicted octanol–water partition coefficient (Wildman–Crippen LogP) is 2.58. The molecule has 1 amide bonds. The Bertz CT molecular complexity index is 1250. The first-order valence-electron chi connectivity index (χ1n) is 9.10. The van der Waals surface area contributed by atoms with E-state index in [1.54, 1.807) is 24.3 Å². The number of primary amides is 1. The smallest absolute Gasteiger partial charge is 0.332 e. The molecule has 0 saturated heterocycles. The Morgan fingerprint density at radius 1 is 1.10 bits per heavy atom. The lowest BCUT2D eigenvalue weighted by molar-refractivity contribution is 0.0997. The van der Waals surface area contributed by atoms with Gasteiger partial charge in [0.2, 0.25) is 0 Å². The summed E-state index contributed by atoms with van der Waals surface area (Å²) in [5.74, 6) is 0.257. The van der Waals surface area contributed by atoms with Gasteiger partial charge >= 0.3 is 5.69 Å². The fourth-order valence-corrected chi connectivity index (χ4v) is 3.09. The molecule has 4 rings (SSSR count). The second-order valence-corrected chi connectivity index (χ2v) is 6.52. The van der Waals surface area contributed by atoms with Gasteiger partial charge in [0.05, 0.1) is 12.3 Å². The van der Waals surface area contributed by atoms with E-state index in [1.165, 1.54) is 4.57 Å². The molecule has 0 aliphatic heterocycles. The maximum absolute atomic E-state index is 12.7. The average molecular weight is 389 g/mol. The van der Waals surface area contributed by atoms with Gasteiger partial charge in [0.25, 0.3) is 5.91 Å². The summed E-state index contributed by atoms with van der Waals surface area (Å²) < 4.78 is 6.84. The molecular formula is C21H19N5O3. The number of carbonyl (C=O) groups is 1. The highest BCUT2D eigenvalue weighted by molar-refractivity contribution is 6.02. The first-order chi connectivity index (χ1) is 14.0. The van der Waals surface area contributed by atoms with Gasteiger partial charge in [-0.25, -0.2) is 19.3 Å². The molecule has 2 aromatic carbocycles. The predicted molar refractivity (Wildman–Crippen MR) is 109 cm³/mol. The van der Waals surface area contributed by atoms with Gasteiger partial charge in [-0.15, -0.1) is 0 Å². The van der Waals surface area contributed by atoms with Crippen LogP contribution in [0.5, 0.6) is 5.75 Å². The van der Waals surface area contributed by atoms with Gasteiger partial charge in [0.15, 0.2) is 17.2 Å². The van der Waals surface area contributed by atoms with Crippen LogP contribution in [0.2, 0.25) is 0 Å². The van der Waals surface area contributed by atoms with E-state index in [-0.39, 0.29) is 16.9 Å². The number of benzene rings is 2. The molecule has 29 heavy (non-hydrogen) atoms. The number of aromatic nitrogens is 4. The van der Waals surface area contributed by atoms with Crippen LogP contribution in [-0.2, 0) is 0 Å². The molecule has 146 valence electrons. The van der Waals surface area contributed by atoms with E-state index >= 15 is 0 Å². The number of hydrogen-bond donors (Lipinski definition) is 2. The fourth-order valence-electron chi connectivity index (χ4n) is 3.09. The van der Waals surface area contributed by atoms with E-state index in [0.717, 1.165) is 5.56 Å². The van der Waals surface area contributed by atoms with E-state index in [4.69, 9.17) is 10.5 Å². The maximum Gasteiger partial charge on any atom is 0.332 e. The normalized spacial score (nSPS) is 11.0. The molecule has 8 heteroatoms. The van der Waals surface area contributed by atoms with Crippen LogP contribution in [0.25, 0.3) is 28.2 Å². The van der Waals surface area contributed by atoms with Gasteiger partial charge in [-0.05, 0) is 38.1 Å². The number of fused-ring (bicyclic) bond motifs is 1. The molecule has 0 fully saturated rings. The Morgan fingerprint density at radius 3 is 2.41 bits per heavy atom.